The van der Waals surface area contributed by atoms with Crippen LogP contribution in [0.3, 0.4) is 0 Å². The third-order valence-electron chi connectivity index (χ3n) is 8.12. The van der Waals surface area contributed by atoms with Crippen LogP contribution in [0.5, 0.6) is 0 Å². The molecule has 2 aromatic heterocycles. The SMILES string of the molecule is O[C@@H]1[C@H]([C@H]2c3ccccc3-c3cncn32)CC12CCN(CCCc1cccnc1)CC2. The molecule has 5 heteroatoms. The minimum absolute atomic E-state index is 0.114. The Morgan fingerprint density at radius 3 is 2.71 bits per heavy atom. The number of aliphatic hydroxyl groups excluding tert-OH is 1. The Morgan fingerprint density at radius 1 is 1.03 bits per heavy atom. The number of imidazole rings is 1. The summed E-state index contributed by atoms with van der Waals surface area (Å²) < 4.78 is 2.29. The number of benzene rings is 1. The van der Waals surface area contributed by atoms with Crippen molar-refractivity contribution in [2.75, 3.05) is 19.6 Å². The normalized spacial score (nSPS) is 26.4. The standard InChI is InChI=1S/C26H30N4O/c31-25-22(24-21-8-2-1-7-20(21)23-17-28-18-30(23)24)15-26(25)9-13-29(14-10-26)12-4-6-19-5-3-11-27-16-19/h1-3,5,7-8,11,16-18,22,24-25,31H,4,6,9-10,12-15H2/t22-,24+,25+/m0/s1. The van der Waals surface area contributed by atoms with Gasteiger partial charge in [-0.1, -0.05) is 30.3 Å². The molecule has 1 N–H and O–H groups in total. The Hall–Kier alpha value is -2.50. The van der Waals surface area contributed by atoms with E-state index in [1.807, 2.05) is 31.0 Å². The summed E-state index contributed by atoms with van der Waals surface area (Å²) in [4.78, 5) is 11.2. The molecule has 31 heavy (non-hydrogen) atoms. The van der Waals surface area contributed by atoms with E-state index in [9.17, 15) is 5.11 Å². The first kappa shape index (κ1) is 19.2. The van der Waals surface area contributed by atoms with Crippen molar-refractivity contribution in [2.45, 2.75) is 44.2 Å². The molecular formula is C26H30N4O. The van der Waals surface area contributed by atoms with Gasteiger partial charge in [0.15, 0.2) is 0 Å². The summed E-state index contributed by atoms with van der Waals surface area (Å²) in [6, 6.07) is 13.0. The van der Waals surface area contributed by atoms with Gasteiger partial charge in [0.2, 0.25) is 0 Å². The van der Waals surface area contributed by atoms with Crippen LogP contribution in [0.4, 0.5) is 0 Å². The third-order valence-corrected chi connectivity index (χ3v) is 8.12. The van der Waals surface area contributed by atoms with E-state index in [-0.39, 0.29) is 23.5 Å². The lowest BCUT2D eigenvalue weighted by Gasteiger charge is -2.58. The molecule has 1 saturated heterocycles. The maximum absolute atomic E-state index is 11.4. The highest BCUT2D eigenvalue weighted by atomic mass is 16.3. The summed E-state index contributed by atoms with van der Waals surface area (Å²) in [5.74, 6) is 0.286. The molecule has 0 unspecified atom stereocenters. The molecule has 6 rings (SSSR count). The highest BCUT2D eigenvalue weighted by molar-refractivity contribution is 5.69. The van der Waals surface area contributed by atoms with Crippen molar-refractivity contribution >= 4 is 0 Å². The summed E-state index contributed by atoms with van der Waals surface area (Å²) in [6.07, 6.45) is 13.1. The average Bonchev–Trinajstić information content (AvgIpc) is 3.40. The molecule has 1 aliphatic carbocycles. The number of aryl methyl sites for hydroxylation is 1. The summed E-state index contributed by atoms with van der Waals surface area (Å²) in [5, 5.41) is 11.4. The molecule has 3 aliphatic rings. The number of rotatable bonds is 5. The lowest BCUT2D eigenvalue weighted by molar-refractivity contribution is -0.157. The smallest absolute Gasteiger partial charge is 0.0956 e. The maximum atomic E-state index is 11.4. The molecule has 5 nitrogen and oxygen atoms in total. The predicted octanol–water partition coefficient (Wildman–Crippen LogP) is 3.94. The zero-order valence-electron chi connectivity index (χ0n) is 17.9. The fourth-order valence-corrected chi connectivity index (χ4v) is 6.36. The molecular weight excluding hydrogens is 384 g/mol. The molecule has 1 aromatic carbocycles. The van der Waals surface area contributed by atoms with E-state index < -0.39 is 0 Å². The first-order valence-corrected chi connectivity index (χ1v) is 11.7. The van der Waals surface area contributed by atoms with Crippen molar-refractivity contribution in [3.05, 3.63) is 72.4 Å². The number of hydrogen-bond donors (Lipinski definition) is 1. The molecule has 0 bridgehead atoms. The number of piperidine rings is 1. The van der Waals surface area contributed by atoms with Crippen molar-refractivity contribution in [1.29, 1.82) is 0 Å². The Balaban J connectivity index is 1.08. The largest absolute Gasteiger partial charge is 0.392 e. The number of nitrogens with zero attached hydrogens (tertiary/aromatic N) is 4. The van der Waals surface area contributed by atoms with Gasteiger partial charge in [0.1, 0.15) is 0 Å². The second-order valence-corrected chi connectivity index (χ2v) is 9.70. The maximum Gasteiger partial charge on any atom is 0.0956 e. The van der Waals surface area contributed by atoms with Crippen molar-refractivity contribution in [2.24, 2.45) is 11.3 Å². The second kappa shape index (κ2) is 7.57. The van der Waals surface area contributed by atoms with Gasteiger partial charge < -0.3 is 14.6 Å². The molecule has 1 saturated carbocycles. The van der Waals surface area contributed by atoms with Gasteiger partial charge in [-0.2, -0.15) is 0 Å². The van der Waals surface area contributed by atoms with Crippen LogP contribution < -0.4 is 0 Å². The predicted molar refractivity (Wildman–Crippen MR) is 121 cm³/mol. The van der Waals surface area contributed by atoms with Gasteiger partial charge in [-0.25, -0.2) is 4.98 Å². The first-order valence-electron chi connectivity index (χ1n) is 11.7. The van der Waals surface area contributed by atoms with E-state index in [0.29, 0.717) is 0 Å². The van der Waals surface area contributed by atoms with Gasteiger partial charge in [0, 0.05) is 23.9 Å². The Morgan fingerprint density at radius 2 is 1.90 bits per heavy atom. The minimum atomic E-state index is -0.226. The molecule has 3 atom stereocenters. The first-order chi connectivity index (χ1) is 15.3. The Bertz CT molecular complexity index is 1050. The van der Waals surface area contributed by atoms with Crippen LogP contribution in [-0.4, -0.2) is 50.3 Å². The van der Waals surface area contributed by atoms with E-state index in [4.69, 9.17) is 0 Å². The minimum Gasteiger partial charge on any atom is -0.392 e. The fraction of sp³-hybridized carbons (Fsp3) is 0.462. The quantitative estimate of drug-likeness (QED) is 0.687. The number of hydrogen-bond acceptors (Lipinski definition) is 4. The third kappa shape index (κ3) is 3.14. The zero-order chi connectivity index (χ0) is 20.8. The molecule has 3 aromatic rings. The lowest BCUT2D eigenvalue weighted by atomic mass is 9.53. The van der Waals surface area contributed by atoms with Crippen molar-refractivity contribution in [1.82, 2.24) is 19.4 Å². The zero-order valence-corrected chi connectivity index (χ0v) is 17.9. The van der Waals surface area contributed by atoms with Crippen LogP contribution in [0.1, 0.15) is 42.9 Å². The van der Waals surface area contributed by atoms with Crippen LogP contribution in [0.25, 0.3) is 11.3 Å². The monoisotopic (exact) mass is 414 g/mol. The topological polar surface area (TPSA) is 54.2 Å². The van der Waals surface area contributed by atoms with Gasteiger partial charge in [-0.05, 0) is 74.3 Å². The van der Waals surface area contributed by atoms with E-state index in [0.717, 1.165) is 45.3 Å². The molecule has 1 spiro atoms. The molecule has 0 amide bonds. The average molecular weight is 415 g/mol. The molecule has 2 fully saturated rings. The number of pyridine rings is 1. The molecule has 4 heterocycles. The lowest BCUT2D eigenvalue weighted by Crippen LogP contribution is -2.59. The summed E-state index contributed by atoms with van der Waals surface area (Å²) in [5.41, 5.74) is 5.26. The highest BCUT2D eigenvalue weighted by Crippen LogP contribution is 2.59. The molecule has 160 valence electrons. The van der Waals surface area contributed by atoms with E-state index in [1.54, 1.807) is 0 Å². The number of aliphatic hydroxyl groups is 1. The Labute approximate surface area is 183 Å². The molecule has 2 aliphatic heterocycles. The van der Waals surface area contributed by atoms with Crippen molar-refractivity contribution in [3.63, 3.8) is 0 Å². The van der Waals surface area contributed by atoms with Crippen LogP contribution in [0, 0.1) is 11.3 Å². The highest BCUT2D eigenvalue weighted by Gasteiger charge is 2.57. The van der Waals surface area contributed by atoms with Gasteiger partial charge in [0.05, 0.1) is 30.4 Å². The van der Waals surface area contributed by atoms with Crippen LogP contribution in [0.2, 0.25) is 0 Å². The van der Waals surface area contributed by atoms with E-state index in [2.05, 4.69) is 49.8 Å². The summed E-state index contributed by atoms with van der Waals surface area (Å²) >= 11 is 0. The van der Waals surface area contributed by atoms with Crippen molar-refractivity contribution < 1.29 is 5.11 Å². The van der Waals surface area contributed by atoms with Gasteiger partial charge in [-0.3, -0.25) is 4.98 Å². The number of aromatic nitrogens is 3. The van der Waals surface area contributed by atoms with Gasteiger partial charge in [0.25, 0.3) is 0 Å². The summed E-state index contributed by atoms with van der Waals surface area (Å²) in [7, 11) is 0. The van der Waals surface area contributed by atoms with Crippen molar-refractivity contribution in [3.8, 4) is 11.3 Å². The number of fused-ring (bicyclic) bond motifs is 3. The van der Waals surface area contributed by atoms with Gasteiger partial charge >= 0.3 is 0 Å². The second-order valence-electron chi connectivity index (χ2n) is 9.70. The Kier molecular flexibility index (Phi) is 4.69. The molecule has 0 radical (unpaired) electrons. The van der Waals surface area contributed by atoms with Crippen LogP contribution >= 0.6 is 0 Å². The van der Waals surface area contributed by atoms with Crippen LogP contribution in [-0.2, 0) is 6.42 Å². The van der Waals surface area contributed by atoms with Crippen LogP contribution in [0.15, 0.2) is 61.3 Å². The fourth-order valence-electron chi connectivity index (χ4n) is 6.36. The van der Waals surface area contributed by atoms with E-state index >= 15 is 0 Å². The number of likely N-dealkylation sites (tertiary alicyclic amines) is 1. The summed E-state index contributed by atoms with van der Waals surface area (Å²) in [6.45, 7) is 3.35. The van der Waals surface area contributed by atoms with Gasteiger partial charge in [-0.15, -0.1) is 0 Å². The van der Waals surface area contributed by atoms with E-state index in [1.165, 1.54) is 28.8 Å².